The number of nitrogens with zero attached hydrogens (tertiary/aromatic N) is 2. The van der Waals surface area contributed by atoms with Gasteiger partial charge in [0.2, 0.25) is 10.0 Å². The number of carbonyl (C=O) groups excluding carboxylic acids is 1. The van der Waals surface area contributed by atoms with Crippen molar-refractivity contribution in [3.63, 3.8) is 0 Å². The van der Waals surface area contributed by atoms with Crippen molar-refractivity contribution in [3.05, 3.63) is 28.2 Å². The number of ether oxygens (including phenoxy) is 1. The summed E-state index contributed by atoms with van der Waals surface area (Å²) in [5.74, 6) is 0.174. The number of sulfonamides is 1. The lowest BCUT2D eigenvalue weighted by atomic mass is 10.3. The fraction of sp³-hybridized carbons (Fsp3) is 0.462. The molecule has 0 atom stereocenters. The van der Waals surface area contributed by atoms with Gasteiger partial charge in [0.15, 0.2) is 6.61 Å². The molecule has 1 saturated heterocycles. The SMILES string of the molecule is CS(=O)(=O)N1CCN(C(=O)COc2ccc(Cl)cc2Cl)CC1. The molecule has 1 heterocycles. The van der Waals surface area contributed by atoms with Crippen molar-refractivity contribution in [2.75, 3.05) is 39.0 Å². The molecule has 0 aromatic heterocycles. The number of hydrogen-bond acceptors (Lipinski definition) is 4. The normalized spacial score (nSPS) is 16.6. The number of benzene rings is 1. The predicted octanol–water partition coefficient (Wildman–Crippen LogP) is 1.48. The van der Waals surface area contributed by atoms with E-state index in [0.717, 1.165) is 6.26 Å². The van der Waals surface area contributed by atoms with Crippen molar-refractivity contribution in [1.29, 1.82) is 0 Å². The van der Waals surface area contributed by atoms with Crippen molar-refractivity contribution in [1.82, 2.24) is 9.21 Å². The van der Waals surface area contributed by atoms with E-state index < -0.39 is 10.0 Å². The highest BCUT2D eigenvalue weighted by Crippen LogP contribution is 2.27. The molecule has 1 amide bonds. The number of halogens is 2. The summed E-state index contributed by atoms with van der Waals surface area (Å²) in [4.78, 5) is 13.6. The van der Waals surface area contributed by atoms with E-state index in [1.54, 1.807) is 17.0 Å². The third kappa shape index (κ3) is 4.49. The molecule has 1 aliphatic heterocycles. The first-order chi connectivity index (χ1) is 10.3. The first-order valence-corrected chi connectivity index (χ1v) is 9.18. The van der Waals surface area contributed by atoms with Crippen LogP contribution in [0, 0.1) is 0 Å². The van der Waals surface area contributed by atoms with Crippen LogP contribution in [0.2, 0.25) is 10.0 Å². The summed E-state index contributed by atoms with van der Waals surface area (Å²) in [6.45, 7) is 1.14. The highest BCUT2D eigenvalue weighted by Gasteiger charge is 2.26. The topological polar surface area (TPSA) is 66.9 Å². The van der Waals surface area contributed by atoms with E-state index in [0.29, 0.717) is 42.0 Å². The average Bonchev–Trinajstić information content (AvgIpc) is 2.45. The van der Waals surface area contributed by atoms with Gasteiger partial charge in [0.25, 0.3) is 5.91 Å². The second kappa shape index (κ2) is 7.04. The predicted molar refractivity (Wildman–Crippen MR) is 85.0 cm³/mol. The molecule has 0 aliphatic carbocycles. The number of amides is 1. The molecule has 0 spiro atoms. The Hall–Kier alpha value is -1.02. The van der Waals surface area contributed by atoms with Crippen molar-refractivity contribution in [3.8, 4) is 5.75 Å². The Bertz CT molecular complexity index is 658. The van der Waals surface area contributed by atoms with E-state index in [-0.39, 0.29) is 12.5 Å². The van der Waals surface area contributed by atoms with Gasteiger partial charge in [-0.25, -0.2) is 8.42 Å². The first kappa shape index (κ1) is 17.3. The monoisotopic (exact) mass is 366 g/mol. The molecule has 1 fully saturated rings. The number of rotatable bonds is 4. The molecule has 22 heavy (non-hydrogen) atoms. The molecular weight excluding hydrogens is 351 g/mol. The molecule has 6 nitrogen and oxygen atoms in total. The maximum absolute atomic E-state index is 12.1. The number of hydrogen-bond donors (Lipinski definition) is 0. The highest BCUT2D eigenvalue weighted by molar-refractivity contribution is 7.88. The maximum Gasteiger partial charge on any atom is 0.260 e. The van der Waals surface area contributed by atoms with Crippen LogP contribution in [-0.4, -0.2) is 62.6 Å². The van der Waals surface area contributed by atoms with E-state index in [9.17, 15) is 13.2 Å². The minimum atomic E-state index is -3.21. The summed E-state index contributed by atoms with van der Waals surface area (Å²) in [6.07, 6.45) is 1.16. The zero-order valence-corrected chi connectivity index (χ0v) is 14.3. The van der Waals surface area contributed by atoms with Gasteiger partial charge >= 0.3 is 0 Å². The molecule has 0 bridgehead atoms. The lowest BCUT2D eigenvalue weighted by Crippen LogP contribution is -2.51. The smallest absolute Gasteiger partial charge is 0.260 e. The summed E-state index contributed by atoms with van der Waals surface area (Å²) in [6, 6.07) is 4.76. The second-order valence-corrected chi connectivity index (χ2v) is 7.73. The Kier molecular flexibility index (Phi) is 5.55. The van der Waals surface area contributed by atoms with Crippen molar-refractivity contribution < 1.29 is 17.9 Å². The van der Waals surface area contributed by atoms with Gasteiger partial charge in [-0.15, -0.1) is 0 Å². The fourth-order valence-corrected chi connectivity index (χ4v) is 3.38. The van der Waals surface area contributed by atoms with Crippen LogP contribution in [0.1, 0.15) is 0 Å². The molecule has 9 heteroatoms. The first-order valence-electron chi connectivity index (χ1n) is 6.58. The molecule has 2 rings (SSSR count). The molecular formula is C13H16Cl2N2O4S. The molecule has 0 N–H and O–H groups in total. The lowest BCUT2D eigenvalue weighted by molar-refractivity contribution is -0.134. The van der Waals surface area contributed by atoms with E-state index in [1.165, 1.54) is 10.4 Å². The Morgan fingerprint density at radius 1 is 1.23 bits per heavy atom. The largest absolute Gasteiger partial charge is 0.482 e. The summed E-state index contributed by atoms with van der Waals surface area (Å²) >= 11 is 11.7. The standard InChI is InChI=1S/C13H16Cl2N2O4S/c1-22(19,20)17-6-4-16(5-7-17)13(18)9-21-12-3-2-10(14)8-11(12)15/h2-3,8H,4-7,9H2,1H3. The van der Waals surface area contributed by atoms with Gasteiger partial charge in [-0.2, -0.15) is 4.31 Å². The highest BCUT2D eigenvalue weighted by atomic mass is 35.5. The zero-order chi connectivity index (χ0) is 16.3. The van der Waals surface area contributed by atoms with E-state index >= 15 is 0 Å². The van der Waals surface area contributed by atoms with Crippen LogP contribution in [0.15, 0.2) is 18.2 Å². The molecule has 1 aromatic rings. The molecule has 0 unspecified atom stereocenters. The van der Waals surface area contributed by atoms with Crippen molar-refractivity contribution in [2.45, 2.75) is 0 Å². The Labute approximate surface area is 139 Å². The van der Waals surface area contributed by atoms with Gasteiger partial charge in [0, 0.05) is 31.2 Å². The average molecular weight is 367 g/mol. The zero-order valence-electron chi connectivity index (χ0n) is 12.0. The summed E-state index contributed by atoms with van der Waals surface area (Å²) in [5.41, 5.74) is 0. The minimum Gasteiger partial charge on any atom is -0.482 e. The third-order valence-corrected chi connectivity index (χ3v) is 5.14. The molecule has 0 saturated carbocycles. The van der Waals surface area contributed by atoms with Gasteiger partial charge in [-0.1, -0.05) is 23.2 Å². The van der Waals surface area contributed by atoms with Crippen LogP contribution in [0.5, 0.6) is 5.75 Å². The van der Waals surface area contributed by atoms with Crippen LogP contribution in [0.3, 0.4) is 0 Å². The molecule has 0 radical (unpaired) electrons. The Morgan fingerprint density at radius 2 is 1.86 bits per heavy atom. The van der Waals surface area contributed by atoms with Gasteiger partial charge in [-0.05, 0) is 18.2 Å². The van der Waals surface area contributed by atoms with Crippen LogP contribution >= 0.6 is 23.2 Å². The van der Waals surface area contributed by atoms with Crippen LogP contribution in [0.25, 0.3) is 0 Å². The molecule has 1 aromatic carbocycles. The summed E-state index contributed by atoms with van der Waals surface area (Å²) in [5, 5.41) is 0.822. The Morgan fingerprint density at radius 3 is 2.41 bits per heavy atom. The van der Waals surface area contributed by atoms with E-state index in [1.807, 2.05) is 0 Å². The van der Waals surface area contributed by atoms with Crippen molar-refractivity contribution >= 4 is 39.1 Å². The lowest BCUT2D eigenvalue weighted by Gasteiger charge is -2.33. The van der Waals surface area contributed by atoms with Gasteiger partial charge < -0.3 is 9.64 Å². The quantitative estimate of drug-likeness (QED) is 0.809. The fourth-order valence-electron chi connectivity index (χ4n) is 2.09. The summed E-state index contributed by atoms with van der Waals surface area (Å²) < 4.78 is 29.6. The van der Waals surface area contributed by atoms with E-state index in [4.69, 9.17) is 27.9 Å². The van der Waals surface area contributed by atoms with Gasteiger partial charge in [-0.3, -0.25) is 4.79 Å². The maximum atomic E-state index is 12.1. The van der Waals surface area contributed by atoms with Crippen LogP contribution in [0.4, 0.5) is 0 Å². The van der Waals surface area contributed by atoms with E-state index in [2.05, 4.69) is 0 Å². The molecule has 122 valence electrons. The van der Waals surface area contributed by atoms with Crippen molar-refractivity contribution in [2.24, 2.45) is 0 Å². The molecule has 1 aliphatic rings. The minimum absolute atomic E-state index is 0.153. The Balaban J connectivity index is 1.86. The van der Waals surface area contributed by atoms with Crippen LogP contribution in [-0.2, 0) is 14.8 Å². The van der Waals surface area contributed by atoms with Crippen LogP contribution < -0.4 is 4.74 Å². The summed E-state index contributed by atoms with van der Waals surface area (Å²) in [7, 11) is -3.21. The van der Waals surface area contributed by atoms with Gasteiger partial charge in [0.1, 0.15) is 5.75 Å². The number of carbonyl (C=O) groups is 1. The second-order valence-electron chi connectivity index (χ2n) is 4.91. The third-order valence-electron chi connectivity index (χ3n) is 3.31. The number of piperazine rings is 1. The van der Waals surface area contributed by atoms with Gasteiger partial charge in [0.05, 0.1) is 11.3 Å².